The third-order valence-corrected chi connectivity index (χ3v) is 4.68. The Kier molecular flexibility index (Phi) is 5.20. The number of hydrogen-bond donors (Lipinski definition) is 1. The molecule has 0 saturated carbocycles. The first kappa shape index (κ1) is 17.0. The molecule has 2 aliphatic heterocycles. The first-order chi connectivity index (χ1) is 11.3. The molecule has 2 aromatic heterocycles. The lowest BCUT2D eigenvalue weighted by molar-refractivity contribution is -0.131. The topological polar surface area (TPSA) is 84.4 Å². The number of likely N-dealkylation sites (tertiary alicyclic amines) is 1. The smallest absolute Gasteiger partial charge is 0.227 e. The number of carbonyl (C=O) groups is 1. The van der Waals surface area contributed by atoms with Gasteiger partial charge in [-0.3, -0.25) is 4.79 Å². The van der Waals surface area contributed by atoms with Crippen molar-refractivity contribution >= 4 is 18.3 Å². The molecule has 2 atom stereocenters. The predicted octanol–water partition coefficient (Wildman–Crippen LogP) is 2.04. The molecule has 0 aliphatic carbocycles. The maximum absolute atomic E-state index is 12.4. The summed E-state index contributed by atoms with van der Waals surface area (Å²) in [6.45, 7) is 1.66. The van der Waals surface area contributed by atoms with Gasteiger partial charge in [-0.25, -0.2) is 0 Å². The molecule has 24 heavy (non-hydrogen) atoms. The van der Waals surface area contributed by atoms with Crippen molar-refractivity contribution in [2.45, 2.75) is 44.2 Å². The van der Waals surface area contributed by atoms with E-state index in [2.05, 4.69) is 15.5 Å². The lowest BCUT2D eigenvalue weighted by Gasteiger charge is -2.24. The van der Waals surface area contributed by atoms with Gasteiger partial charge >= 0.3 is 0 Å². The fraction of sp³-hybridized carbons (Fsp3) is 0.562. The van der Waals surface area contributed by atoms with Gasteiger partial charge in [0.25, 0.3) is 0 Å². The minimum absolute atomic E-state index is 0. The number of halogens is 1. The summed E-state index contributed by atoms with van der Waals surface area (Å²) in [6.07, 6.45) is 7.48. The van der Waals surface area contributed by atoms with Gasteiger partial charge in [0.05, 0.1) is 11.8 Å². The van der Waals surface area contributed by atoms with Gasteiger partial charge in [0.15, 0.2) is 0 Å². The standard InChI is InChI=1S/C16H20N4O3.ClH/c21-15(20-7-5-12-1-2-13(9-20)17-12)4-3-14-18-16(19-23-14)11-6-8-22-10-11;/h6,8,10,12-13,17H,1-5,7,9H2;1H. The third-order valence-electron chi connectivity index (χ3n) is 4.68. The number of hydrogen-bond acceptors (Lipinski definition) is 6. The van der Waals surface area contributed by atoms with Crippen LogP contribution in [0.4, 0.5) is 0 Å². The fourth-order valence-corrected chi connectivity index (χ4v) is 3.41. The van der Waals surface area contributed by atoms with Crippen LogP contribution in [0.2, 0.25) is 0 Å². The number of carbonyl (C=O) groups excluding carboxylic acids is 1. The quantitative estimate of drug-likeness (QED) is 0.906. The van der Waals surface area contributed by atoms with Crippen LogP contribution in [-0.4, -0.2) is 46.1 Å². The average molecular weight is 353 g/mol. The lowest BCUT2D eigenvalue weighted by Crippen LogP contribution is -2.39. The number of furan rings is 1. The zero-order valence-corrected chi connectivity index (χ0v) is 14.1. The lowest BCUT2D eigenvalue weighted by atomic mass is 10.1. The second kappa shape index (κ2) is 7.36. The molecule has 130 valence electrons. The van der Waals surface area contributed by atoms with E-state index in [-0.39, 0.29) is 18.3 Å². The van der Waals surface area contributed by atoms with Crippen LogP contribution in [-0.2, 0) is 11.2 Å². The van der Waals surface area contributed by atoms with Crippen LogP contribution < -0.4 is 5.32 Å². The monoisotopic (exact) mass is 352 g/mol. The molecule has 2 bridgehead atoms. The highest BCUT2D eigenvalue weighted by molar-refractivity contribution is 5.85. The summed E-state index contributed by atoms with van der Waals surface area (Å²) in [7, 11) is 0. The predicted molar refractivity (Wildman–Crippen MR) is 88.7 cm³/mol. The van der Waals surface area contributed by atoms with E-state index < -0.39 is 0 Å². The van der Waals surface area contributed by atoms with Crippen molar-refractivity contribution < 1.29 is 13.7 Å². The van der Waals surface area contributed by atoms with Crippen molar-refractivity contribution in [3.8, 4) is 11.4 Å². The summed E-state index contributed by atoms with van der Waals surface area (Å²) in [6, 6.07) is 2.83. The van der Waals surface area contributed by atoms with Gasteiger partial charge in [0.1, 0.15) is 6.26 Å². The molecule has 1 amide bonds. The van der Waals surface area contributed by atoms with Crippen molar-refractivity contribution in [2.24, 2.45) is 0 Å². The Hall–Kier alpha value is -1.86. The molecule has 2 unspecified atom stereocenters. The summed E-state index contributed by atoms with van der Waals surface area (Å²) in [4.78, 5) is 18.7. The number of nitrogens with one attached hydrogen (secondary N) is 1. The van der Waals surface area contributed by atoms with E-state index in [1.165, 1.54) is 12.8 Å². The summed E-state index contributed by atoms with van der Waals surface area (Å²) >= 11 is 0. The Morgan fingerprint density at radius 3 is 3.04 bits per heavy atom. The van der Waals surface area contributed by atoms with Crippen molar-refractivity contribution in [3.05, 3.63) is 24.5 Å². The largest absolute Gasteiger partial charge is 0.472 e. The van der Waals surface area contributed by atoms with Gasteiger partial charge in [-0.2, -0.15) is 4.98 Å². The molecule has 4 rings (SSSR count). The van der Waals surface area contributed by atoms with Crippen LogP contribution in [0.25, 0.3) is 11.4 Å². The van der Waals surface area contributed by atoms with E-state index in [1.54, 1.807) is 18.6 Å². The molecular weight excluding hydrogens is 332 g/mol. The summed E-state index contributed by atoms with van der Waals surface area (Å²) in [5, 5.41) is 7.50. The number of fused-ring (bicyclic) bond motifs is 2. The summed E-state index contributed by atoms with van der Waals surface area (Å²) < 4.78 is 10.2. The molecule has 0 spiro atoms. The fourth-order valence-electron chi connectivity index (χ4n) is 3.41. The van der Waals surface area contributed by atoms with E-state index in [4.69, 9.17) is 8.94 Å². The van der Waals surface area contributed by atoms with Crippen LogP contribution in [0.15, 0.2) is 27.5 Å². The Morgan fingerprint density at radius 2 is 2.21 bits per heavy atom. The van der Waals surface area contributed by atoms with Crippen LogP contribution in [0.1, 0.15) is 31.6 Å². The Labute approximate surface area is 146 Å². The minimum atomic E-state index is 0. The van der Waals surface area contributed by atoms with Gasteiger partial charge in [-0.1, -0.05) is 5.16 Å². The van der Waals surface area contributed by atoms with Crippen molar-refractivity contribution in [3.63, 3.8) is 0 Å². The Morgan fingerprint density at radius 1 is 1.33 bits per heavy atom. The van der Waals surface area contributed by atoms with Crippen molar-refractivity contribution in [1.82, 2.24) is 20.4 Å². The molecule has 0 aromatic carbocycles. The highest BCUT2D eigenvalue weighted by Crippen LogP contribution is 2.21. The molecule has 7 nitrogen and oxygen atoms in total. The molecule has 4 heterocycles. The van der Waals surface area contributed by atoms with E-state index in [0.717, 1.165) is 25.1 Å². The van der Waals surface area contributed by atoms with Crippen LogP contribution in [0.5, 0.6) is 0 Å². The molecule has 2 fully saturated rings. The summed E-state index contributed by atoms with van der Waals surface area (Å²) in [5.74, 6) is 1.16. The SMILES string of the molecule is Cl.O=C(CCc1nc(-c2ccoc2)no1)N1CCC2CCC(C1)N2. The third kappa shape index (κ3) is 3.62. The van der Waals surface area contributed by atoms with Gasteiger partial charge < -0.3 is 19.2 Å². The minimum Gasteiger partial charge on any atom is -0.472 e. The number of aromatic nitrogens is 2. The van der Waals surface area contributed by atoms with Crippen LogP contribution in [0, 0.1) is 0 Å². The molecule has 8 heteroatoms. The maximum atomic E-state index is 12.4. The maximum Gasteiger partial charge on any atom is 0.227 e. The molecular formula is C16H21ClN4O3. The zero-order chi connectivity index (χ0) is 15.6. The van der Waals surface area contributed by atoms with Crippen LogP contribution in [0.3, 0.4) is 0 Å². The number of amides is 1. The first-order valence-electron chi connectivity index (χ1n) is 8.17. The van der Waals surface area contributed by atoms with E-state index in [9.17, 15) is 4.79 Å². The molecule has 2 aliphatic rings. The van der Waals surface area contributed by atoms with E-state index >= 15 is 0 Å². The number of nitrogens with zero attached hydrogens (tertiary/aromatic N) is 3. The van der Waals surface area contributed by atoms with Crippen LogP contribution >= 0.6 is 12.4 Å². The molecule has 1 N–H and O–H groups in total. The average Bonchev–Trinajstić information content (AvgIpc) is 3.25. The Bertz CT molecular complexity index is 673. The first-order valence-corrected chi connectivity index (χ1v) is 8.17. The van der Waals surface area contributed by atoms with Gasteiger partial charge in [-0.05, 0) is 25.3 Å². The summed E-state index contributed by atoms with van der Waals surface area (Å²) in [5.41, 5.74) is 0.779. The van der Waals surface area contributed by atoms with Gasteiger partial charge in [-0.15, -0.1) is 12.4 Å². The van der Waals surface area contributed by atoms with Gasteiger partial charge in [0.2, 0.25) is 17.6 Å². The molecule has 2 aromatic rings. The second-order valence-electron chi connectivity index (χ2n) is 6.29. The highest BCUT2D eigenvalue weighted by atomic mass is 35.5. The second-order valence-corrected chi connectivity index (χ2v) is 6.29. The van der Waals surface area contributed by atoms with Gasteiger partial charge in [0, 0.05) is 38.0 Å². The van der Waals surface area contributed by atoms with Crippen molar-refractivity contribution in [2.75, 3.05) is 13.1 Å². The molecule has 2 saturated heterocycles. The van der Waals surface area contributed by atoms with E-state index in [1.807, 2.05) is 4.90 Å². The number of aryl methyl sites for hydroxylation is 1. The zero-order valence-electron chi connectivity index (χ0n) is 13.3. The Balaban J connectivity index is 0.00000169. The molecule has 0 radical (unpaired) electrons. The normalized spacial score (nSPS) is 22.9. The highest BCUT2D eigenvalue weighted by Gasteiger charge is 2.31. The van der Waals surface area contributed by atoms with E-state index in [0.29, 0.717) is 36.6 Å². The van der Waals surface area contributed by atoms with Crippen molar-refractivity contribution in [1.29, 1.82) is 0 Å². The number of rotatable bonds is 4.